The number of hydrogen-bond donors (Lipinski definition) is 0. The molecule has 0 amide bonds. The first kappa shape index (κ1) is 16.4. The summed E-state index contributed by atoms with van der Waals surface area (Å²) in [5.41, 5.74) is 0. The predicted molar refractivity (Wildman–Crippen MR) is 44.6 cm³/mol. The van der Waals surface area contributed by atoms with E-state index in [1.54, 1.807) is 0 Å². The van der Waals surface area contributed by atoms with Crippen LogP contribution in [0.3, 0.4) is 0 Å². The quantitative estimate of drug-likeness (QED) is 0.645. The van der Waals surface area contributed by atoms with Gasteiger partial charge in [0.2, 0.25) is 5.92 Å². The highest BCUT2D eigenvalue weighted by molar-refractivity contribution is 4.91. The van der Waals surface area contributed by atoms with Crippen molar-refractivity contribution in [2.24, 2.45) is 11.8 Å². The smallest absolute Gasteiger partial charge is 0.205 e. The van der Waals surface area contributed by atoms with Gasteiger partial charge >= 0.3 is 12.4 Å². The van der Waals surface area contributed by atoms with Gasteiger partial charge in [0.25, 0.3) is 5.92 Å². The van der Waals surface area contributed by atoms with Crippen LogP contribution in [0.1, 0.15) is 26.7 Å². The molecule has 104 valence electrons. The first-order chi connectivity index (χ1) is 7.39. The molecule has 0 radical (unpaired) electrons. The molecule has 0 aromatic heterocycles. The molecule has 0 fully saturated rings. The molecule has 0 aromatic carbocycles. The normalized spacial score (nSPS) is 14.8. The molecule has 0 saturated carbocycles. The molecule has 17 heavy (non-hydrogen) atoms. The second kappa shape index (κ2) is 4.97. The molecule has 0 aliphatic carbocycles. The van der Waals surface area contributed by atoms with E-state index in [1.807, 2.05) is 0 Å². The molecule has 0 unspecified atom stereocenters. The number of halogens is 8. The Kier molecular flexibility index (Phi) is 4.81. The van der Waals surface area contributed by atoms with Crippen LogP contribution < -0.4 is 0 Å². The summed E-state index contributed by atoms with van der Waals surface area (Å²) in [6.45, 7) is 2.26. The summed E-state index contributed by atoms with van der Waals surface area (Å²) in [4.78, 5) is 0. The van der Waals surface area contributed by atoms with E-state index < -0.39 is 43.0 Å². The van der Waals surface area contributed by atoms with E-state index in [0.717, 1.165) is 13.8 Å². The molecule has 0 aliphatic rings. The van der Waals surface area contributed by atoms with Crippen molar-refractivity contribution in [1.82, 2.24) is 0 Å². The second-order valence-electron chi connectivity index (χ2n) is 3.70. The summed E-state index contributed by atoms with van der Waals surface area (Å²) in [6.07, 6.45) is -12.9. The van der Waals surface area contributed by atoms with Gasteiger partial charge < -0.3 is 0 Å². The van der Waals surface area contributed by atoms with Crippen LogP contribution in [0.5, 0.6) is 0 Å². The zero-order valence-electron chi connectivity index (χ0n) is 9.09. The number of rotatable bonds is 4. The van der Waals surface area contributed by atoms with Gasteiger partial charge in [0.1, 0.15) is 0 Å². The monoisotopic (exact) mass is 272 g/mol. The van der Waals surface area contributed by atoms with Crippen molar-refractivity contribution in [3.63, 3.8) is 0 Å². The molecular weight excluding hydrogens is 260 g/mol. The molecular formula is C9H12F8. The standard InChI is InChI=1S/C9H12F8/c1-3-5(4-2)7(10,11)6(8(12,13)14)9(15,16)17/h5-6H,3-4H2,1-2H3. The molecule has 0 rings (SSSR count). The van der Waals surface area contributed by atoms with Gasteiger partial charge in [0.15, 0.2) is 0 Å². The Labute approximate surface area is 93.0 Å². The molecule has 0 saturated heterocycles. The van der Waals surface area contributed by atoms with Crippen LogP contribution in [0, 0.1) is 11.8 Å². The van der Waals surface area contributed by atoms with Gasteiger partial charge in [-0.1, -0.05) is 13.8 Å². The van der Waals surface area contributed by atoms with Crippen LogP contribution in [0.2, 0.25) is 0 Å². The third kappa shape index (κ3) is 3.70. The molecule has 0 heterocycles. The molecule has 0 nitrogen and oxygen atoms in total. The predicted octanol–water partition coefficient (Wildman–Crippen LogP) is 4.80. The largest absolute Gasteiger partial charge is 0.406 e. The Morgan fingerprint density at radius 3 is 1.18 bits per heavy atom. The van der Waals surface area contributed by atoms with Gasteiger partial charge in [-0.05, 0) is 12.8 Å². The van der Waals surface area contributed by atoms with Gasteiger partial charge in [-0.3, -0.25) is 0 Å². The first-order valence-electron chi connectivity index (χ1n) is 4.90. The van der Waals surface area contributed by atoms with Crippen LogP contribution in [0.4, 0.5) is 35.1 Å². The molecule has 0 atom stereocenters. The minimum absolute atomic E-state index is 0.452. The minimum Gasteiger partial charge on any atom is -0.205 e. The fourth-order valence-corrected chi connectivity index (χ4v) is 1.69. The van der Waals surface area contributed by atoms with E-state index >= 15 is 0 Å². The van der Waals surface area contributed by atoms with Crippen molar-refractivity contribution < 1.29 is 35.1 Å². The Morgan fingerprint density at radius 2 is 1.00 bits per heavy atom. The van der Waals surface area contributed by atoms with Crippen molar-refractivity contribution in [1.29, 1.82) is 0 Å². The topological polar surface area (TPSA) is 0 Å². The highest BCUT2D eigenvalue weighted by atomic mass is 19.4. The van der Waals surface area contributed by atoms with Crippen LogP contribution >= 0.6 is 0 Å². The molecule has 0 N–H and O–H groups in total. The fourth-order valence-electron chi connectivity index (χ4n) is 1.69. The van der Waals surface area contributed by atoms with Crippen molar-refractivity contribution in [3.8, 4) is 0 Å². The fraction of sp³-hybridized carbons (Fsp3) is 1.00. The van der Waals surface area contributed by atoms with Gasteiger partial charge in [0, 0.05) is 5.92 Å². The minimum atomic E-state index is -6.01. The van der Waals surface area contributed by atoms with Crippen molar-refractivity contribution >= 4 is 0 Å². The lowest BCUT2D eigenvalue weighted by Crippen LogP contribution is -2.52. The summed E-state index contributed by atoms with van der Waals surface area (Å²) in [5, 5.41) is 0. The summed E-state index contributed by atoms with van der Waals surface area (Å²) in [6, 6.07) is 0. The SMILES string of the molecule is CCC(CC)C(F)(F)C(C(F)(F)F)C(F)(F)F. The van der Waals surface area contributed by atoms with E-state index in [-0.39, 0.29) is 0 Å². The molecule has 0 aliphatic heterocycles. The van der Waals surface area contributed by atoms with E-state index in [4.69, 9.17) is 0 Å². The Balaban J connectivity index is 5.46. The van der Waals surface area contributed by atoms with Crippen molar-refractivity contribution in [2.45, 2.75) is 45.0 Å². The summed E-state index contributed by atoms with van der Waals surface area (Å²) in [5.74, 6) is -11.4. The lowest BCUT2D eigenvalue weighted by Gasteiger charge is -2.34. The maximum absolute atomic E-state index is 13.3. The van der Waals surface area contributed by atoms with Crippen molar-refractivity contribution in [2.75, 3.05) is 0 Å². The third-order valence-corrected chi connectivity index (χ3v) is 2.57. The lowest BCUT2D eigenvalue weighted by molar-refractivity contribution is -0.347. The van der Waals surface area contributed by atoms with Gasteiger partial charge in [-0.15, -0.1) is 0 Å². The molecule has 8 heteroatoms. The van der Waals surface area contributed by atoms with E-state index in [2.05, 4.69) is 0 Å². The van der Waals surface area contributed by atoms with E-state index in [0.29, 0.717) is 0 Å². The summed E-state index contributed by atoms with van der Waals surface area (Å²) >= 11 is 0. The number of alkyl halides is 8. The zero-order valence-corrected chi connectivity index (χ0v) is 9.09. The Bertz CT molecular complexity index is 220. The average Bonchev–Trinajstić information content (AvgIpc) is 1.97. The Morgan fingerprint density at radius 1 is 0.706 bits per heavy atom. The molecule has 0 aromatic rings. The van der Waals surface area contributed by atoms with Crippen LogP contribution in [0.25, 0.3) is 0 Å². The van der Waals surface area contributed by atoms with E-state index in [9.17, 15) is 35.1 Å². The maximum Gasteiger partial charge on any atom is 0.406 e. The zero-order chi connectivity index (χ0) is 14.1. The van der Waals surface area contributed by atoms with Crippen molar-refractivity contribution in [3.05, 3.63) is 0 Å². The molecule has 0 spiro atoms. The molecule has 0 bridgehead atoms. The lowest BCUT2D eigenvalue weighted by atomic mass is 9.85. The second-order valence-corrected chi connectivity index (χ2v) is 3.70. The van der Waals surface area contributed by atoms with Gasteiger partial charge in [-0.25, -0.2) is 8.78 Å². The first-order valence-corrected chi connectivity index (χ1v) is 4.90. The highest BCUT2D eigenvalue weighted by Crippen LogP contribution is 2.52. The summed E-state index contributed by atoms with van der Waals surface area (Å²) in [7, 11) is 0. The highest BCUT2D eigenvalue weighted by Gasteiger charge is 2.70. The number of hydrogen-bond acceptors (Lipinski definition) is 0. The van der Waals surface area contributed by atoms with Gasteiger partial charge in [0.05, 0.1) is 0 Å². The average molecular weight is 272 g/mol. The van der Waals surface area contributed by atoms with Gasteiger partial charge in [-0.2, -0.15) is 26.3 Å². The van der Waals surface area contributed by atoms with Crippen LogP contribution in [-0.2, 0) is 0 Å². The summed E-state index contributed by atoms with van der Waals surface area (Å²) < 4.78 is 99.5. The van der Waals surface area contributed by atoms with Crippen LogP contribution in [0.15, 0.2) is 0 Å². The van der Waals surface area contributed by atoms with E-state index in [1.165, 1.54) is 0 Å². The third-order valence-electron chi connectivity index (χ3n) is 2.57. The maximum atomic E-state index is 13.3. The Hall–Kier alpha value is -0.560. The van der Waals surface area contributed by atoms with Crippen LogP contribution in [-0.4, -0.2) is 18.3 Å².